The maximum absolute atomic E-state index is 6.58. The fourth-order valence-electron chi connectivity index (χ4n) is 3.18. The van der Waals surface area contributed by atoms with Crippen LogP contribution in [-0.2, 0) is 4.74 Å². The first-order valence-corrected chi connectivity index (χ1v) is 7.53. The fraction of sp³-hybridized carbons (Fsp3) is 1.00. The van der Waals surface area contributed by atoms with Gasteiger partial charge in [-0.3, -0.25) is 5.32 Å². The van der Waals surface area contributed by atoms with Crippen LogP contribution in [0.4, 0.5) is 0 Å². The number of hydrogen-bond acceptors (Lipinski definition) is 2. The lowest BCUT2D eigenvalue weighted by molar-refractivity contribution is -0.240. The van der Waals surface area contributed by atoms with E-state index in [1.807, 2.05) is 0 Å². The molecule has 2 aliphatic rings. The molecule has 1 aliphatic heterocycles. The molecule has 2 heteroatoms. The molecule has 1 N–H and O–H groups in total. The highest BCUT2D eigenvalue weighted by Crippen LogP contribution is 2.46. The summed E-state index contributed by atoms with van der Waals surface area (Å²) >= 11 is 0. The van der Waals surface area contributed by atoms with Crippen LogP contribution >= 0.6 is 0 Å². The average molecular weight is 253 g/mol. The molecule has 1 unspecified atom stereocenters. The van der Waals surface area contributed by atoms with Crippen molar-refractivity contribution in [3.05, 3.63) is 0 Å². The van der Waals surface area contributed by atoms with E-state index in [1.165, 1.54) is 19.3 Å². The second-order valence-electron chi connectivity index (χ2n) is 8.36. The summed E-state index contributed by atoms with van der Waals surface area (Å²) in [5.41, 5.74) is 0.561. The summed E-state index contributed by atoms with van der Waals surface area (Å²) in [4.78, 5) is 0. The Balaban J connectivity index is 2.14. The van der Waals surface area contributed by atoms with Crippen molar-refractivity contribution in [2.45, 2.75) is 85.0 Å². The molecule has 0 radical (unpaired) electrons. The van der Waals surface area contributed by atoms with Gasteiger partial charge in [0.05, 0.1) is 5.60 Å². The first kappa shape index (κ1) is 14.3. The fourth-order valence-corrected chi connectivity index (χ4v) is 3.18. The Morgan fingerprint density at radius 1 is 0.833 bits per heavy atom. The minimum absolute atomic E-state index is 0.0489. The summed E-state index contributed by atoms with van der Waals surface area (Å²) in [7, 11) is 0. The Kier molecular flexibility index (Phi) is 3.35. The van der Waals surface area contributed by atoms with Gasteiger partial charge in [-0.2, -0.15) is 0 Å². The second kappa shape index (κ2) is 4.21. The van der Waals surface area contributed by atoms with Gasteiger partial charge in [0.2, 0.25) is 0 Å². The first-order valence-electron chi connectivity index (χ1n) is 7.53. The first-order chi connectivity index (χ1) is 8.08. The van der Waals surface area contributed by atoms with E-state index in [0.29, 0.717) is 5.41 Å². The van der Waals surface area contributed by atoms with E-state index >= 15 is 0 Å². The van der Waals surface area contributed by atoms with Gasteiger partial charge in [-0.05, 0) is 51.4 Å². The lowest BCUT2D eigenvalue weighted by atomic mass is 9.74. The monoisotopic (exact) mass is 253 g/mol. The number of rotatable bonds is 0. The molecular weight excluding hydrogens is 222 g/mol. The third-order valence-corrected chi connectivity index (χ3v) is 5.57. The zero-order valence-corrected chi connectivity index (χ0v) is 13.2. The summed E-state index contributed by atoms with van der Waals surface area (Å²) in [5.74, 6) is 0. The molecule has 2 rings (SSSR count). The van der Waals surface area contributed by atoms with E-state index in [1.54, 1.807) is 0 Å². The van der Waals surface area contributed by atoms with Crippen molar-refractivity contribution in [1.29, 1.82) is 0 Å². The van der Waals surface area contributed by atoms with Crippen molar-refractivity contribution in [3.8, 4) is 0 Å². The molecule has 1 spiro atoms. The molecule has 0 amide bonds. The van der Waals surface area contributed by atoms with Gasteiger partial charge in [0.25, 0.3) is 0 Å². The number of hydrogen-bond donors (Lipinski definition) is 1. The third-order valence-electron chi connectivity index (χ3n) is 5.57. The summed E-state index contributed by atoms with van der Waals surface area (Å²) in [6.07, 6.45) is 6.17. The molecular formula is C16H31NO. The highest BCUT2D eigenvalue weighted by atomic mass is 16.5. The maximum Gasteiger partial charge on any atom is 0.120 e. The van der Waals surface area contributed by atoms with Crippen LogP contribution in [0.5, 0.6) is 0 Å². The summed E-state index contributed by atoms with van der Waals surface area (Å²) in [6, 6.07) is 0. The molecule has 0 bridgehead atoms. The molecule has 18 heavy (non-hydrogen) atoms. The third kappa shape index (κ3) is 2.60. The lowest BCUT2D eigenvalue weighted by Crippen LogP contribution is -2.65. The standard InChI is InChI=1S/C16H31NO/c1-13(2)8-7-9-16(11-10-13)17-12-14(3,4)15(5,6)18-16/h17H,7-12H2,1-6H3. The van der Waals surface area contributed by atoms with Crippen LogP contribution in [0, 0.1) is 10.8 Å². The summed E-state index contributed by atoms with van der Waals surface area (Å²) in [6.45, 7) is 15.0. The normalized spacial score (nSPS) is 38.3. The topological polar surface area (TPSA) is 21.3 Å². The smallest absolute Gasteiger partial charge is 0.120 e. The highest BCUT2D eigenvalue weighted by Gasteiger charge is 2.50. The van der Waals surface area contributed by atoms with Crippen molar-refractivity contribution in [2.75, 3.05) is 6.54 Å². The Bertz CT molecular complexity index is 319. The quantitative estimate of drug-likeness (QED) is 0.702. The van der Waals surface area contributed by atoms with Gasteiger partial charge in [0.15, 0.2) is 0 Å². The Labute approximate surface area is 113 Å². The minimum Gasteiger partial charge on any atom is -0.354 e. The van der Waals surface area contributed by atoms with Crippen LogP contribution in [0.25, 0.3) is 0 Å². The van der Waals surface area contributed by atoms with Gasteiger partial charge in [0.1, 0.15) is 5.72 Å². The van der Waals surface area contributed by atoms with Crippen LogP contribution in [0.2, 0.25) is 0 Å². The van der Waals surface area contributed by atoms with Gasteiger partial charge >= 0.3 is 0 Å². The van der Waals surface area contributed by atoms with Crippen molar-refractivity contribution in [1.82, 2.24) is 5.32 Å². The van der Waals surface area contributed by atoms with Crippen molar-refractivity contribution < 1.29 is 4.74 Å². The Morgan fingerprint density at radius 2 is 1.50 bits per heavy atom. The summed E-state index contributed by atoms with van der Waals surface area (Å²) < 4.78 is 6.58. The van der Waals surface area contributed by atoms with Crippen molar-refractivity contribution in [2.24, 2.45) is 10.8 Å². The maximum atomic E-state index is 6.58. The summed E-state index contributed by atoms with van der Waals surface area (Å²) in [5, 5.41) is 3.74. The molecule has 1 saturated heterocycles. The van der Waals surface area contributed by atoms with E-state index in [2.05, 4.69) is 46.9 Å². The van der Waals surface area contributed by atoms with E-state index in [-0.39, 0.29) is 16.7 Å². The molecule has 1 atom stereocenters. The zero-order valence-electron chi connectivity index (χ0n) is 13.2. The minimum atomic E-state index is -0.0627. The van der Waals surface area contributed by atoms with Gasteiger partial charge in [-0.25, -0.2) is 0 Å². The van der Waals surface area contributed by atoms with Crippen molar-refractivity contribution >= 4 is 0 Å². The second-order valence-corrected chi connectivity index (χ2v) is 8.36. The molecule has 2 fully saturated rings. The van der Waals surface area contributed by atoms with E-state index in [4.69, 9.17) is 4.74 Å². The van der Waals surface area contributed by atoms with Crippen LogP contribution in [-0.4, -0.2) is 17.9 Å². The molecule has 1 saturated carbocycles. The van der Waals surface area contributed by atoms with Gasteiger partial charge in [-0.1, -0.05) is 27.7 Å². The number of nitrogens with one attached hydrogen (secondary N) is 1. The zero-order chi connectivity index (χ0) is 13.7. The largest absolute Gasteiger partial charge is 0.354 e. The molecule has 0 aromatic rings. The van der Waals surface area contributed by atoms with Gasteiger partial charge in [0, 0.05) is 12.0 Å². The van der Waals surface area contributed by atoms with Crippen LogP contribution in [0.15, 0.2) is 0 Å². The molecule has 1 aliphatic carbocycles. The molecule has 0 aromatic carbocycles. The predicted octanol–water partition coefficient (Wildman–Crippen LogP) is 4.10. The lowest BCUT2D eigenvalue weighted by Gasteiger charge is -2.54. The molecule has 0 aromatic heterocycles. The predicted molar refractivity (Wildman–Crippen MR) is 76.5 cm³/mol. The number of ether oxygens (including phenoxy) is 1. The van der Waals surface area contributed by atoms with E-state index in [9.17, 15) is 0 Å². The Morgan fingerprint density at radius 3 is 2.11 bits per heavy atom. The average Bonchev–Trinajstić information content (AvgIpc) is 2.34. The Hall–Kier alpha value is -0.0800. The molecule has 106 valence electrons. The molecule has 1 heterocycles. The van der Waals surface area contributed by atoms with Crippen LogP contribution in [0.3, 0.4) is 0 Å². The van der Waals surface area contributed by atoms with E-state index in [0.717, 1.165) is 19.4 Å². The van der Waals surface area contributed by atoms with Crippen LogP contribution < -0.4 is 5.32 Å². The highest BCUT2D eigenvalue weighted by molar-refractivity contribution is 5.00. The van der Waals surface area contributed by atoms with E-state index < -0.39 is 0 Å². The van der Waals surface area contributed by atoms with Gasteiger partial charge < -0.3 is 4.74 Å². The van der Waals surface area contributed by atoms with Crippen molar-refractivity contribution in [3.63, 3.8) is 0 Å². The SMILES string of the molecule is CC1(C)CCCC2(CC1)NCC(C)(C)C(C)(C)O2. The van der Waals surface area contributed by atoms with Crippen LogP contribution in [0.1, 0.15) is 73.6 Å². The molecule has 2 nitrogen and oxygen atoms in total. The van der Waals surface area contributed by atoms with Gasteiger partial charge in [-0.15, -0.1) is 0 Å².